The third kappa shape index (κ3) is 8.78. The van der Waals surface area contributed by atoms with E-state index in [-0.39, 0.29) is 35.6 Å². The second kappa shape index (κ2) is 15.3. The predicted molar refractivity (Wildman–Crippen MR) is 164 cm³/mol. The van der Waals surface area contributed by atoms with Gasteiger partial charge in [-0.05, 0) is 93.7 Å². The molecule has 10 heteroatoms. The minimum absolute atomic E-state index is 0.0635. The van der Waals surface area contributed by atoms with E-state index >= 15 is 0 Å². The van der Waals surface area contributed by atoms with Gasteiger partial charge in [-0.1, -0.05) is 30.3 Å². The second-order valence-corrected chi connectivity index (χ2v) is 11.8. The van der Waals surface area contributed by atoms with Gasteiger partial charge in [-0.2, -0.15) is 0 Å². The van der Waals surface area contributed by atoms with Crippen LogP contribution < -0.4 is 20.7 Å². The number of nitrogens with zero attached hydrogens (tertiary/aromatic N) is 1. The molecule has 4 unspecified atom stereocenters. The number of phenols is 1. The van der Waals surface area contributed by atoms with E-state index in [2.05, 4.69) is 28.1 Å². The number of ether oxygens (including phenoxy) is 1. The topological polar surface area (TPSA) is 140 Å². The molecule has 4 rings (SSSR count). The van der Waals surface area contributed by atoms with E-state index in [1.54, 1.807) is 26.2 Å². The van der Waals surface area contributed by atoms with Gasteiger partial charge in [0.05, 0.1) is 18.2 Å². The van der Waals surface area contributed by atoms with Gasteiger partial charge in [-0.25, -0.2) is 0 Å². The SMILES string of the molecule is CN[C@H](Cc1ccc(O)cc1)C(=O)NCCCc1cccc2c1OC(CNC(C(=O)N(C)C(C=O)C(C)O)C1CC1)CC2. The Hall–Kier alpha value is -3.47. The minimum atomic E-state index is -0.938. The van der Waals surface area contributed by atoms with E-state index in [4.69, 9.17) is 4.74 Å². The van der Waals surface area contributed by atoms with Crippen molar-refractivity contribution in [1.82, 2.24) is 20.9 Å². The number of carbonyl (C=O) groups excluding carboxylic acids is 3. The molecule has 1 aliphatic carbocycles. The van der Waals surface area contributed by atoms with Gasteiger partial charge in [0.15, 0.2) is 0 Å². The number of aliphatic hydroxyl groups is 1. The molecule has 10 nitrogen and oxygen atoms in total. The Labute approximate surface area is 254 Å². The van der Waals surface area contributed by atoms with Crippen molar-refractivity contribution < 1.29 is 29.3 Å². The van der Waals surface area contributed by atoms with Crippen LogP contribution in [0.25, 0.3) is 0 Å². The first-order chi connectivity index (χ1) is 20.7. The Kier molecular flexibility index (Phi) is 11.6. The molecule has 1 aliphatic heterocycles. The van der Waals surface area contributed by atoms with Gasteiger partial charge in [0.2, 0.25) is 11.8 Å². The third-order valence-corrected chi connectivity index (χ3v) is 8.51. The Morgan fingerprint density at radius 2 is 1.88 bits per heavy atom. The summed E-state index contributed by atoms with van der Waals surface area (Å²) in [4.78, 5) is 38.8. The molecule has 0 aromatic heterocycles. The van der Waals surface area contributed by atoms with Crippen LogP contribution in [0.4, 0.5) is 0 Å². The smallest absolute Gasteiger partial charge is 0.240 e. The summed E-state index contributed by atoms with van der Waals surface area (Å²) in [5.41, 5.74) is 3.24. The number of amides is 2. The van der Waals surface area contributed by atoms with Crippen molar-refractivity contribution in [3.8, 4) is 11.5 Å². The fourth-order valence-electron chi connectivity index (χ4n) is 5.71. The lowest BCUT2D eigenvalue weighted by molar-refractivity contribution is -0.140. The molecule has 2 aromatic rings. The summed E-state index contributed by atoms with van der Waals surface area (Å²) in [7, 11) is 3.34. The van der Waals surface area contributed by atoms with Crippen LogP contribution in [0.1, 0.15) is 49.3 Å². The molecule has 1 heterocycles. The van der Waals surface area contributed by atoms with Gasteiger partial charge in [-0.15, -0.1) is 0 Å². The number of aromatic hydroxyl groups is 1. The van der Waals surface area contributed by atoms with E-state index in [9.17, 15) is 24.6 Å². The molecule has 1 fully saturated rings. The number of carbonyl (C=O) groups is 3. The Bertz CT molecular complexity index is 1230. The lowest BCUT2D eigenvalue weighted by Crippen LogP contribution is -2.54. The summed E-state index contributed by atoms with van der Waals surface area (Å²) >= 11 is 0. The van der Waals surface area contributed by atoms with Crippen molar-refractivity contribution >= 4 is 18.1 Å². The number of aryl methyl sites for hydroxylation is 2. The van der Waals surface area contributed by atoms with E-state index in [1.807, 2.05) is 18.2 Å². The Morgan fingerprint density at radius 1 is 1.14 bits per heavy atom. The molecule has 0 radical (unpaired) electrons. The van der Waals surface area contributed by atoms with Crippen molar-refractivity contribution in [2.24, 2.45) is 5.92 Å². The highest BCUT2D eigenvalue weighted by Crippen LogP contribution is 2.35. The van der Waals surface area contributed by atoms with Crippen LogP contribution in [0, 0.1) is 5.92 Å². The van der Waals surface area contributed by atoms with Gasteiger partial charge in [0.1, 0.15) is 29.9 Å². The number of hydrogen-bond acceptors (Lipinski definition) is 8. The van der Waals surface area contributed by atoms with E-state index in [0.717, 1.165) is 55.4 Å². The minimum Gasteiger partial charge on any atom is -0.508 e. The van der Waals surface area contributed by atoms with Crippen LogP contribution in [-0.2, 0) is 33.6 Å². The highest BCUT2D eigenvalue weighted by atomic mass is 16.5. The summed E-state index contributed by atoms with van der Waals surface area (Å²) < 4.78 is 6.47. The van der Waals surface area contributed by atoms with Gasteiger partial charge >= 0.3 is 0 Å². The standard InChI is InChI=1S/C33H46N4O6/c1-21(39)29(20-38)37(3)33(42)30(23-11-12-23)36-19-27-16-13-25-7-4-6-24(31(25)43-27)8-5-17-35-32(41)28(34-2)18-22-9-14-26(40)15-10-22/h4,6-7,9-10,14-15,20-21,23,27-30,34,36,39-40H,5,8,11-13,16-19H2,1-3H3,(H,35,41)/t21?,27?,28-,29?,30?/m1/s1. The molecule has 1 saturated carbocycles. The number of nitrogens with one attached hydrogen (secondary N) is 3. The molecule has 43 heavy (non-hydrogen) atoms. The number of hydrogen-bond donors (Lipinski definition) is 5. The quantitative estimate of drug-likeness (QED) is 0.146. The number of para-hydroxylation sites is 1. The first-order valence-electron chi connectivity index (χ1n) is 15.4. The summed E-state index contributed by atoms with van der Waals surface area (Å²) in [6.07, 6.45) is 5.26. The molecule has 0 saturated heterocycles. The highest BCUT2D eigenvalue weighted by molar-refractivity contribution is 5.85. The van der Waals surface area contributed by atoms with Crippen LogP contribution >= 0.6 is 0 Å². The molecule has 0 bridgehead atoms. The molecule has 234 valence electrons. The zero-order valence-electron chi connectivity index (χ0n) is 25.4. The van der Waals surface area contributed by atoms with Crippen molar-refractivity contribution in [3.63, 3.8) is 0 Å². The summed E-state index contributed by atoms with van der Waals surface area (Å²) in [6, 6.07) is 11.4. The summed E-state index contributed by atoms with van der Waals surface area (Å²) in [5.74, 6) is 1.08. The molecule has 2 aromatic carbocycles. The summed E-state index contributed by atoms with van der Waals surface area (Å²) in [6.45, 7) is 2.56. The van der Waals surface area contributed by atoms with Crippen LogP contribution in [0.5, 0.6) is 11.5 Å². The van der Waals surface area contributed by atoms with Crippen LogP contribution in [0.2, 0.25) is 0 Å². The van der Waals surface area contributed by atoms with Crippen molar-refractivity contribution in [2.75, 3.05) is 27.2 Å². The first kappa shape index (κ1) is 32.4. The zero-order chi connectivity index (χ0) is 30.9. The number of rotatable bonds is 16. The molecule has 2 amide bonds. The fourth-order valence-corrected chi connectivity index (χ4v) is 5.71. The lowest BCUT2D eigenvalue weighted by Gasteiger charge is -2.32. The fraction of sp³-hybridized carbons (Fsp3) is 0.545. The normalized spacial score (nSPS) is 18.8. The Balaban J connectivity index is 1.28. The predicted octanol–water partition coefficient (Wildman–Crippen LogP) is 1.74. The largest absolute Gasteiger partial charge is 0.508 e. The number of aldehydes is 1. The van der Waals surface area contributed by atoms with Crippen molar-refractivity contribution in [1.29, 1.82) is 0 Å². The van der Waals surface area contributed by atoms with Gasteiger partial charge < -0.3 is 40.6 Å². The van der Waals surface area contributed by atoms with Crippen LogP contribution in [0.3, 0.4) is 0 Å². The Morgan fingerprint density at radius 3 is 2.53 bits per heavy atom. The molecule has 2 aliphatic rings. The van der Waals surface area contributed by atoms with Crippen LogP contribution in [-0.4, -0.2) is 90.7 Å². The average molecular weight is 595 g/mol. The first-order valence-corrected chi connectivity index (χ1v) is 15.4. The van der Waals surface area contributed by atoms with E-state index in [1.165, 1.54) is 17.4 Å². The van der Waals surface area contributed by atoms with E-state index < -0.39 is 18.2 Å². The molecular formula is C33H46N4O6. The lowest BCUT2D eigenvalue weighted by atomic mass is 9.97. The van der Waals surface area contributed by atoms with Gasteiger partial charge in [0.25, 0.3) is 0 Å². The molecular weight excluding hydrogens is 548 g/mol. The summed E-state index contributed by atoms with van der Waals surface area (Å²) in [5, 5.41) is 29.0. The van der Waals surface area contributed by atoms with Crippen molar-refractivity contribution in [2.45, 2.75) is 82.2 Å². The number of phenolic OH excluding ortho intramolecular Hbond substituents is 1. The average Bonchev–Trinajstić information content (AvgIpc) is 3.84. The number of fused-ring (bicyclic) bond motifs is 1. The molecule has 5 N–H and O–H groups in total. The number of aliphatic hydroxyl groups excluding tert-OH is 1. The monoisotopic (exact) mass is 594 g/mol. The maximum absolute atomic E-state index is 13.2. The molecule has 5 atom stereocenters. The maximum atomic E-state index is 13.2. The zero-order valence-corrected chi connectivity index (χ0v) is 25.4. The van der Waals surface area contributed by atoms with Gasteiger partial charge in [0, 0.05) is 20.1 Å². The number of benzene rings is 2. The van der Waals surface area contributed by atoms with Crippen LogP contribution in [0.15, 0.2) is 42.5 Å². The second-order valence-electron chi connectivity index (χ2n) is 11.8. The molecule has 0 spiro atoms. The third-order valence-electron chi connectivity index (χ3n) is 8.51. The number of likely N-dealkylation sites (N-methyl/N-ethyl adjacent to an activating group) is 2. The van der Waals surface area contributed by atoms with Gasteiger partial charge in [-0.3, -0.25) is 9.59 Å². The maximum Gasteiger partial charge on any atom is 0.240 e. The van der Waals surface area contributed by atoms with E-state index in [0.29, 0.717) is 25.8 Å². The van der Waals surface area contributed by atoms with Crippen molar-refractivity contribution in [3.05, 3.63) is 59.2 Å². The highest BCUT2D eigenvalue weighted by Gasteiger charge is 2.40.